The van der Waals surface area contributed by atoms with Crippen LogP contribution >= 0.6 is 0 Å². The van der Waals surface area contributed by atoms with Crippen molar-refractivity contribution in [2.45, 2.75) is 13.0 Å². The molecule has 0 radical (unpaired) electrons. The van der Waals surface area contributed by atoms with Crippen LogP contribution in [0.4, 0.5) is 0 Å². The van der Waals surface area contributed by atoms with E-state index in [9.17, 15) is 0 Å². The molecule has 2 N–H and O–H groups in total. The highest BCUT2D eigenvalue weighted by molar-refractivity contribution is 5.74. The molecular formula is C16H17N3O. The first-order valence-electron chi connectivity index (χ1n) is 6.74. The lowest BCUT2D eigenvalue weighted by Gasteiger charge is -2.07. The minimum Gasteiger partial charge on any atom is -0.494 e. The van der Waals surface area contributed by atoms with Gasteiger partial charge in [0.2, 0.25) is 0 Å². The molecule has 3 rings (SSSR count). The van der Waals surface area contributed by atoms with Crippen LogP contribution in [0.5, 0.6) is 5.75 Å². The molecule has 0 aliphatic rings. The lowest BCUT2D eigenvalue weighted by molar-refractivity contribution is 0.301. The van der Waals surface area contributed by atoms with Gasteiger partial charge >= 0.3 is 0 Å². The van der Waals surface area contributed by atoms with Crippen molar-refractivity contribution >= 4 is 11.0 Å². The number of imidazole rings is 1. The Labute approximate surface area is 117 Å². The van der Waals surface area contributed by atoms with E-state index in [4.69, 9.17) is 10.1 Å². The Balaban J connectivity index is 1.63. The quantitative estimate of drug-likeness (QED) is 0.686. The molecule has 0 amide bonds. The maximum Gasteiger partial charge on any atom is 0.200 e. The molecule has 0 fully saturated rings. The van der Waals surface area contributed by atoms with Crippen molar-refractivity contribution in [3.05, 3.63) is 60.2 Å². The number of ether oxygens (including phenoxy) is 1. The number of benzene rings is 2. The molecule has 3 aromatic rings. The lowest BCUT2D eigenvalue weighted by Crippen LogP contribution is -2.18. The number of H-pyrrole nitrogens is 1. The standard InChI is InChI=1S/C16H17N3O/c17-16-18-14-9-4-5-10-15(14)19(16)11-6-12-20-13-7-2-1-3-8-13/h1-5,7-10H,6,11-12H2,(H2,17,18). The van der Waals surface area contributed by atoms with Gasteiger partial charge in [-0.1, -0.05) is 30.3 Å². The summed E-state index contributed by atoms with van der Waals surface area (Å²) in [6, 6.07) is 17.8. The maximum atomic E-state index is 7.97. The fourth-order valence-corrected chi connectivity index (χ4v) is 2.29. The number of aryl methyl sites for hydroxylation is 1. The molecule has 4 nitrogen and oxygen atoms in total. The normalized spacial score (nSPS) is 10.8. The summed E-state index contributed by atoms with van der Waals surface area (Å²) in [7, 11) is 0. The SMILES string of the molecule is N=c1[nH]c2ccccc2n1CCCOc1ccccc1. The molecule has 20 heavy (non-hydrogen) atoms. The van der Waals surface area contributed by atoms with Crippen molar-refractivity contribution in [1.29, 1.82) is 5.41 Å². The van der Waals surface area contributed by atoms with Gasteiger partial charge in [0.05, 0.1) is 17.6 Å². The van der Waals surface area contributed by atoms with Crippen molar-refractivity contribution in [3.63, 3.8) is 0 Å². The molecule has 4 heteroatoms. The van der Waals surface area contributed by atoms with Gasteiger partial charge in [-0.3, -0.25) is 5.41 Å². The van der Waals surface area contributed by atoms with Gasteiger partial charge < -0.3 is 14.3 Å². The fourth-order valence-electron chi connectivity index (χ4n) is 2.29. The second-order valence-corrected chi connectivity index (χ2v) is 4.66. The third kappa shape index (κ3) is 2.59. The summed E-state index contributed by atoms with van der Waals surface area (Å²) < 4.78 is 7.65. The first kappa shape index (κ1) is 12.5. The van der Waals surface area contributed by atoms with Gasteiger partial charge in [-0.15, -0.1) is 0 Å². The van der Waals surface area contributed by atoms with Crippen LogP contribution in [0.2, 0.25) is 0 Å². The minimum absolute atomic E-state index is 0.436. The number of para-hydroxylation sites is 3. The van der Waals surface area contributed by atoms with Crippen LogP contribution in [0.3, 0.4) is 0 Å². The summed E-state index contributed by atoms with van der Waals surface area (Å²) in [5.74, 6) is 0.891. The van der Waals surface area contributed by atoms with Crippen LogP contribution in [-0.2, 0) is 6.54 Å². The largest absolute Gasteiger partial charge is 0.494 e. The highest BCUT2D eigenvalue weighted by atomic mass is 16.5. The van der Waals surface area contributed by atoms with Crippen molar-refractivity contribution < 1.29 is 4.74 Å². The van der Waals surface area contributed by atoms with Crippen molar-refractivity contribution in [2.24, 2.45) is 0 Å². The van der Waals surface area contributed by atoms with Gasteiger partial charge in [0.25, 0.3) is 0 Å². The molecule has 0 aliphatic carbocycles. The fraction of sp³-hybridized carbons (Fsp3) is 0.188. The predicted molar refractivity (Wildman–Crippen MR) is 78.7 cm³/mol. The van der Waals surface area contributed by atoms with Gasteiger partial charge in [-0.25, -0.2) is 0 Å². The van der Waals surface area contributed by atoms with Crippen molar-refractivity contribution in [3.8, 4) is 5.75 Å². The molecular weight excluding hydrogens is 250 g/mol. The zero-order chi connectivity index (χ0) is 13.8. The number of aromatic nitrogens is 2. The third-order valence-corrected chi connectivity index (χ3v) is 3.26. The second-order valence-electron chi connectivity index (χ2n) is 4.66. The Morgan fingerprint density at radius 3 is 2.60 bits per heavy atom. The van der Waals surface area contributed by atoms with Gasteiger partial charge in [0.15, 0.2) is 5.62 Å². The van der Waals surface area contributed by atoms with E-state index in [1.807, 2.05) is 59.2 Å². The van der Waals surface area contributed by atoms with Crippen LogP contribution in [0.25, 0.3) is 11.0 Å². The van der Waals surface area contributed by atoms with Crippen molar-refractivity contribution in [2.75, 3.05) is 6.61 Å². The number of fused-ring (bicyclic) bond motifs is 1. The lowest BCUT2D eigenvalue weighted by atomic mass is 10.3. The Morgan fingerprint density at radius 1 is 1.00 bits per heavy atom. The summed E-state index contributed by atoms with van der Waals surface area (Å²) in [6.07, 6.45) is 0.868. The van der Waals surface area contributed by atoms with Crippen LogP contribution in [-0.4, -0.2) is 16.2 Å². The third-order valence-electron chi connectivity index (χ3n) is 3.26. The highest BCUT2D eigenvalue weighted by Gasteiger charge is 2.03. The van der Waals surface area contributed by atoms with E-state index in [1.165, 1.54) is 0 Å². The van der Waals surface area contributed by atoms with E-state index in [0.29, 0.717) is 12.2 Å². The molecule has 1 heterocycles. The molecule has 102 valence electrons. The van der Waals surface area contributed by atoms with E-state index in [0.717, 1.165) is 29.7 Å². The Morgan fingerprint density at radius 2 is 1.75 bits per heavy atom. The topological polar surface area (TPSA) is 53.8 Å². The highest BCUT2D eigenvalue weighted by Crippen LogP contribution is 2.11. The zero-order valence-electron chi connectivity index (χ0n) is 11.2. The maximum absolute atomic E-state index is 7.97. The van der Waals surface area contributed by atoms with Gasteiger partial charge in [0.1, 0.15) is 5.75 Å². The summed E-state index contributed by atoms with van der Waals surface area (Å²) in [5, 5.41) is 7.97. The molecule has 0 atom stereocenters. The first-order chi connectivity index (χ1) is 9.84. The molecule has 0 spiro atoms. The number of aromatic amines is 1. The summed E-state index contributed by atoms with van der Waals surface area (Å²) in [5.41, 5.74) is 2.50. The summed E-state index contributed by atoms with van der Waals surface area (Å²) >= 11 is 0. The van der Waals surface area contributed by atoms with E-state index in [2.05, 4.69) is 4.98 Å². The smallest absolute Gasteiger partial charge is 0.200 e. The number of hydrogen-bond acceptors (Lipinski definition) is 2. The first-order valence-corrected chi connectivity index (χ1v) is 6.74. The second kappa shape index (κ2) is 5.65. The molecule has 0 unspecified atom stereocenters. The summed E-state index contributed by atoms with van der Waals surface area (Å²) in [4.78, 5) is 3.07. The van der Waals surface area contributed by atoms with Crippen LogP contribution in [0.15, 0.2) is 54.6 Å². The number of nitrogens with zero attached hydrogens (tertiary/aromatic N) is 1. The van der Waals surface area contributed by atoms with Crippen LogP contribution in [0.1, 0.15) is 6.42 Å². The van der Waals surface area contributed by atoms with Gasteiger partial charge in [0, 0.05) is 6.54 Å². The average molecular weight is 267 g/mol. The Kier molecular flexibility index (Phi) is 3.54. The Bertz CT molecular complexity index is 743. The summed E-state index contributed by atoms with van der Waals surface area (Å²) in [6.45, 7) is 1.42. The predicted octanol–water partition coefficient (Wildman–Crippen LogP) is 2.92. The van der Waals surface area contributed by atoms with E-state index in [-0.39, 0.29) is 0 Å². The monoisotopic (exact) mass is 267 g/mol. The van der Waals surface area contributed by atoms with Crippen LogP contribution < -0.4 is 10.4 Å². The minimum atomic E-state index is 0.436. The van der Waals surface area contributed by atoms with E-state index in [1.54, 1.807) is 0 Å². The molecule has 2 aromatic carbocycles. The molecule has 0 bridgehead atoms. The molecule has 0 aliphatic heterocycles. The van der Waals surface area contributed by atoms with Gasteiger partial charge in [-0.2, -0.15) is 0 Å². The van der Waals surface area contributed by atoms with Crippen molar-refractivity contribution in [1.82, 2.24) is 9.55 Å². The average Bonchev–Trinajstić information content (AvgIpc) is 2.80. The van der Waals surface area contributed by atoms with E-state index < -0.39 is 0 Å². The zero-order valence-corrected chi connectivity index (χ0v) is 11.2. The molecule has 1 aromatic heterocycles. The number of nitrogens with one attached hydrogen (secondary N) is 2. The van der Waals surface area contributed by atoms with E-state index >= 15 is 0 Å². The molecule has 0 saturated heterocycles. The number of rotatable bonds is 5. The van der Waals surface area contributed by atoms with Gasteiger partial charge in [-0.05, 0) is 30.7 Å². The molecule has 0 saturated carbocycles. The Hall–Kier alpha value is -2.49. The number of hydrogen-bond donors (Lipinski definition) is 2. The van der Waals surface area contributed by atoms with Crippen LogP contribution in [0, 0.1) is 5.41 Å².